The largest absolute Gasteiger partial charge is 0.309 e. The van der Waals surface area contributed by atoms with Crippen LogP contribution in [0, 0.1) is 6.92 Å². The van der Waals surface area contributed by atoms with Crippen molar-refractivity contribution in [2.24, 2.45) is 0 Å². The molecule has 2 aromatic heterocycles. The number of aromatic nitrogens is 4. The van der Waals surface area contributed by atoms with Crippen molar-refractivity contribution in [3.8, 4) is 0 Å². The van der Waals surface area contributed by atoms with Gasteiger partial charge in [0.2, 0.25) is 0 Å². The lowest BCUT2D eigenvalue weighted by atomic mass is 10.2. The predicted molar refractivity (Wildman–Crippen MR) is 68.4 cm³/mol. The molecule has 1 aromatic carbocycles. The van der Waals surface area contributed by atoms with Gasteiger partial charge in [-0.05, 0) is 12.5 Å². The second-order valence-corrected chi connectivity index (χ2v) is 4.20. The molecular formula is C13H12N4O. The molecule has 90 valence electrons. The summed E-state index contributed by atoms with van der Waals surface area (Å²) in [5.41, 5.74) is 1.96. The average molecular weight is 240 g/mol. The van der Waals surface area contributed by atoms with Gasteiger partial charge in [-0.15, -0.1) is 0 Å². The van der Waals surface area contributed by atoms with E-state index in [1.165, 1.54) is 0 Å². The molecule has 0 unspecified atom stereocenters. The number of hydrogen-bond acceptors (Lipinski definition) is 3. The highest BCUT2D eigenvalue weighted by Crippen LogP contribution is 2.07. The van der Waals surface area contributed by atoms with Crippen molar-refractivity contribution in [1.82, 2.24) is 19.7 Å². The van der Waals surface area contributed by atoms with Crippen LogP contribution in [0.15, 0.2) is 41.3 Å². The van der Waals surface area contributed by atoms with Crippen LogP contribution in [0.5, 0.6) is 0 Å². The molecule has 0 fully saturated rings. The molecule has 0 spiro atoms. The normalized spacial score (nSPS) is 10.9. The van der Waals surface area contributed by atoms with E-state index in [0.29, 0.717) is 23.4 Å². The Balaban J connectivity index is 2.04. The first-order valence-electron chi connectivity index (χ1n) is 5.70. The number of fused-ring (bicyclic) bond motifs is 1. The summed E-state index contributed by atoms with van der Waals surface area (Å²) in [5, 5.41) is 4.26. The minimum atomic E-state index is -0.190. The van der Waals surface area contributed by atoms with Crippen molar-refractivity contribution in [1.29, 1.82) is 0 Å². The van der Waals surface area contributed by atoms with Crippen LogP contribution in [0.1, 0.15) is 11.4 Å². The third-order valence-electron chi connectivity index (χ3n) is 2.73. The second kappa shape index (κ2) is 4.10. The molecule has 5 heteroatoms. The number of nitrogens with zero attached hydrogens (tertiary/aromatic N) is 3. The summed E-state index contributed by atoms with van der Waals surface area (Å²) in [6.45, 7) is 2.39. The molecule has 5 nitrogen and oxygen atoms in total. The molecule has 0 aliphatic heterocycles. The molecule has 0 radical (unpaired) electrons. The third-order valence-corrected chi connectivity index (χ3v) is 2.73. The Morgan fingerprint density at radius 2 is 2.06 bits per heavy atom. The first-order valence-corrected chi connectivity index (χ1v) is 5.70. The first-order chi connectivity index (χ1) is 8.72. The van der Waals surface area contributed by atoms with E-state index in [1.54, 1.807) is 17.8 Å². The van der Waals surface area contributed by atoms with Crippen LogP contribution >= 0.6 is 0 Å². The average Bonchev–Trinajstić information content (AvgIpc) is 2.73. The lowest BCUT2D eigenvalue weighted by Gasteiger charge is -1.99. The Bertz CT molecular complexity index is 743. The summed E-state index contributed by atoms with van der Waals surface area (Å²) in [5.74, 6) is 0.603. The topological polar surface area (TPSA) is 63.6 Å². The van der Waals surface area contributed by atoms with Crippen LogP contribution in [0.3, 0.4) is 0 Å². The maximum Gasteiger partial charge on any atom is 0.279 e. The van der Waals surface area contributed by atoms with Gasteiger partial charge >= 0.3 is 0 Å². The van der Waals surface area contributed by atoms with Crippen LogP contribution in [-0.4, -0.2) is 19.7 Å². The SMILES string of the molecule is Cc1nc2cn(Cc3ccccc3)nc2c(=O)[nH]1. The molecule has 0 saturated carbocycles. The summed E-state index contributed by atoms with van der Waals surface area (Å²) in [6.07, 6.45) is 1.80. The van der Waals surface area contributed by atoms with Crippen LogP contribution in [-0.2, 0) is 6.54 Å². The van der Waals surface area contributed by atoms with Gasteiger partial charge in [0.05, 0.1) is 12.7 Å². The fourth-order valence-corrected chi connectivity index (χ4v) is 1.94. The fraction of sp³-hybridized carbons (Fsp3) is 0.154. The Morgan fingerprint density at radius 1 is 1.28 bits per heavy atom. The second-order valence-electron chi connectivity index (χ2n) is 4.20. The van der Waals surface area contributed by atoms with Gasteiger partial charge in [0.1, 0.15) is 11.3 Å². The zero-order valence-corrected chi connectivity index (χ0v) is 9.92. The number of rotatable bonds is 2. The molecule has 0 aliphatic carbocycles. The van der Waals surface area contributed by atoms with Crippen LogP contribution in [0.2, 0.25) is 0 Å². The van der Waals surface area contributed by atoms with E-state index in [4.69, 9.17) is 0 Å². The van der Waals surface area contributed by atoms with Crippen LogP contribution in [0.4, 0.5) is 0 Å². The van der Waals surface area contributed by atoms with E-state index < -0.39 is 0 Å². The molecule has 3 rings (SSSR count). The van der Waals surface area contributed by atoms with E-state index in [2.05, 4.69) is 15.1 Å². The number of H-pyrrole nitrogens is 1. The Hall–Kier alpha value is -2.43. The van der Waals surface area contributed by atoms with E-state index in [-0.39, 0.29) is 5.56 Å². The van der Waals surface area contributed by atoms with Crippen molar-refractivity contribution in [2.45, 2.75) is 13.5 Å². The molecule has 1 N–H and O–H groups in total. The van der Waals surface area contributed by atoms with E-state index in [1.807, 2.05) is 30.3 Å². The molecule has 0 amide bonds. The summed E-state index contributed by atoms with van der Waals surface area (Å²) < 4.78 is 1.74. The van der Waals surface area contributed by atoms with Gasteiger partial charge in [-0.1, -0.05) is 30.3 Å². The van der Waals surface area contributed by atoms with Gasteiger partial charge in [0.15, 0.2) is 5.52 Å². The first kappa shape index (κ1) is 10.7. The van der Waals surface area contributed by atoms with E-state index >= 15 is 0 Å². The minimum absolute atomic E-state index is 0.190. The summed E-state index contributed by atoms with van der Waals surface area (Å²) in [4.78, 5) is 18.6. The summed E-state index contributed by atoms with van der Waals surface area (Å²) in [7, 11) is 0. The Kier molecular flexibility index (Phi) is 2.44. The maximum absolute atomic E-state index is 11.7. The molecule has 18 heavy (non-hydrogen) atoms. The monoisotopic (exact) mass is 240 g/mol. The highest BCUT2D eigenvalue weighted by Gasteiger charge is 2.07. The van der Waals surface area contributed by atoms with Crippen molar-refractivity contribution < 1.29 is 0 Å². The van der Waals surface area contributed by atoms with Crippen molar-refractivity contribution in [3.05, 3.63) is 58.3 Å². The summed E-state index contributed by atoms with van der Waals surface area (Å²) >= 11 is 0. The number of nitrogens with one attached hydrogen (secondary N) is 1. The smallest absolute Gasteiger partial charge is 0.279 e. The van der Waals surface area contributed by atoms with Crippen molar-refractivity contribution in [2.75, 3.05) is 0 Å². The predicted octanol–water partition coefficient (Wildman–Crippen LogP) is 1.48. The number of aryl methyl sites for hydroxylation is 1. The molecular weight excluding hydrogens is 228 g/mol. The van der Waals surface area contributed by atoms with Gasteiger partial charge in [-0.3, -0.25) is 9.48 Å². The highest BCUT2D eigenvalue weighted by molar-refractivity contribution is 5.71. The van der Waals surface area contributed by atoms with Gasteiger partial charge in [-0.25, -0.2) is 4.98 Å². The van der Waals surface area contributed by atoms with Crippen LogP contribution < -0.4 is 5.56 Å². The molecule has 0 saturated heterocycles. The van der Waals surface area contributed by atoms with Crippen molar-refractivity contribution in [3.63, 3.8) is 0 Å². The molecule has 0 atom stereocenters. The van der Waals surface area contributed by atoms with E-state index in [0.717, 1.165) is 5.56 Å². The van der Waals surface area contributed by atoms with Crippen molar-refractivity contribution >= 4 is 11.0 Å². The summed E-state index contributed by atoms with van der Waals surface area (Å²) in [6, 6.07) is 9.98. The molecule has 0 aliphatic rings. The lowest BCUT2D eigenvalue weighted by molar-refractivity contribution is 0.695. The maximum atomic E-state index is 11.7. The zero-order valence-electron chi connectivity index (χ0n) is 9.92. The highest BCUT2D eigenvalue weighted by atomic mass is 16.1. The third kappa shape index (κ3) is 1.90. The van der Waals surface area contributed by atoms with Gasteiger partial charge in [-0.2, -0.15) is 5.10 Å². The molecule has 0 bridgehead atoms. The van der Waals surface area contributed by atoms with Gasteiger partial charge in [0, 0.05) is 0 Å². The fourth-order valence-electron chi connectivity index (χ4n) is 1.94. The Morgan fingerprint density at radius 3 is 2.83 bits per heavy atom. The quantitative estimate of drug-likeness (QED) is 0.737. The Labute approximate surface area is 103 Å². The lowest BCUT2D eigenvalue weighted by Crippen LogP contribution is -2.09. The molecule has 3 aromatic rings. The van der Waals surface area contributed by atoms with Gasteiger partial charge < -0.3 is 4.98 Å². The number of aromatic amines is 1. The standard InChI is InChI=1S/C13H12N4O/c1-9-14-11-8-17(16-12(11)13(18)15-9)7-10-5-3-2-4-6-10/h2-6,8H,7H2,1H3,(H,14,15,18). The number of benzene rings is 1. The minimum Gasteiger partial charge on any atom is -0.309 e. The van der Waals surface area contributed by atoms with Crippen LogP contribution in [0.25, 0.3) is 11.0 Å². The zero-order chi connectivity index (χ0) is 12.5. The molecule has 2 heterocycles. The van der Waals surface area contributed by atoms with E-state index in [9.17, 15) is 4.79 Å². The number of hydrogen-bond donors (Lipinski definition) is 1. The van der Waals surface area contributed by atoms with Gasteiger partial charge in [0.25, 0.3) is 5.56 Å².